The number of urea groups is 1. The third kappa shape index (κ3) is 3.90. The minimum absolute atomic E-state index is 0.0176. The highest BCUT2D eigenvalue weighted by Gasteiger charge is 2.58. The second-order valence-electron chi connectivity index (χ2n) is 9.34. The molecule has 2 aromatic rings. The quantitative estimate of drug-likeness (QED) is 0.708. The van der Waals surface area contributed by atoms with Gasteiger partial charge in [-0.25, -0.2) is 14.5 Å². The number of hydrogen-bond acceptors (Lipinski definition) is 5. The summed E-state index contributed by atoms with van der Waals surface area (Å²) in [5.41, 5.74) is 2.89. The van der Waals surface area contributed by atoms with E-state index >= 15 is 0 Å². The van der Waals surface area contributed by atoms with E-state index in [4.69, 9.17) is 4.74 Å². The van der Waals surface area contributed by atoms with E-state index in [0.717, 1.165) is 28.9 Å². The van der Waals surface area contributed by atoms with Gasteiger partial charge in [0.15, 0.2) is 0 Å². The van der Waals surface area contributed by atoms with Gasteiger partial charge in [-0.05, 0) is 55.0 Å². The molecule has 1 spiro atoms. The number of aryl methyl sites for hydroxylation is 2. The van der Waals surface area contributed by atoms with Crippen LogP contribution in [0.4, 0.5) is 15.3 Å². The summed E-state index contributed by atoms with van der Waals surface area (Å²) in [6.07, 6.45) is 1.70. The van der Waals surface area contributed by atoms with E-state index in [1.54, 1.807) is 23.1 Å². The molecule has 2 atom stereocenters. The van der Waals surface area contributed by atoms with Crippen molar-refractivity contribution in [3.05, 3.63) is 64.7 Å². The Balaban J connectivity index is 1.35. The fourth-order valence-electron chi connectivity index (χ4n) is 5.30. The van der Waals surface area contributed by atoms with Gasteiger partial charge in [0.2, 0.25) is 11.5 Å². The summed E-state index contributed by atoms with van der Waals surface area (Å²) in [7, 11) is 1.52. The van der Waals surface area contributed by atoms with Crippen molar-refractivity contribution in [2.24, 2.45) is 0 Å². The summed E-state index contributed by atoms with van der Waals surface area (Å²) in [5.74, 6) is -0.788. The van der Waals surface area contributed by atoms with Crippen LogP contribution in [-0.2, 0) is 39.3 Å². The average Bonchev–Trinajstić information content (AvgIpc) is 3.25. The molecule has 2 heterocycles. The minimum Gasteiger partial charge on any atom is -0.427 e. The molecule has 9 nitrogen and oxygen atoms in total. The molecule has 0 bridgehead atoms. The first-order chi connectivity index (χ1) is 16.8. The van der Waals surface area contributed by atoms with Gasteiger partial charge in [-0.2, -0.15) is 0 Å². The van der Waals surface area contributed by atoms with Crippen molar-refractivity contribution < 1.29 is 23.9 Å². The van der Waals surface area contributed by atoms with E-state index in [0.29, 0.717) is 30.6 Å². The van der Waals surface area contributed by atoms with Gasteiger partial charge < -0.3 is 20.3 Å². The van der Waals surface area contributed by atoms with Crippen LogP contribution in [0.1, 0.15) is 42.0 Å². The van der Waals surface area contributed by atoms with Crippen LogP contribution in [0.15, 0.2) is 42.5 Å². The lowest BCUT2D eigenvalue weighted by Gasteiger charge is -2.28. The van der Waals surface area contributed by atoms with Gasteiger partial charge >= 0.3 is 12.1 Å². The molecule has 2 aromatic carbocycles. The second-order valence-corrected chi connectivity index (χ2v) is 9.34. The summed E-state index contributed by atoms with van der Waals surface area (Å²) in [5, 5.41) is 5.19. The van der Waals surface area contributed by atoms with Gasteiger partial charge in [-0.15, -0.1) is 0 Å². The van der Waals surface area contributed by atoms with Gasteiger partial charge in [0.25, 0.3) is 5.91 Å². The molecule has 2 aliphatic heterocycles. The number of anilines is 1. The highest BCUT2D eigenvalue weighted by Crippen LogP contribution is 2.46. The Morgan fingerprint density at radius 1 is 1.09 bits per heavy atom. The Morgan fingerprint density at radius 2 is 1.86 bits per heavy atom. The summed E-state index contributed by atoms with van der Waals surface area (Å²) >= 11 is 0. The Hall–Kier alpha value is -3.88. The zero-order chi connectivity index (χ0) is 24.7. The minimum atomic E-state index is -1.42. The SMILES string of the molecule is CNC(=O)Nc1ccc2c(c1)CC[C@]21OC(=O)N(CC(=O)N2Cc3ccccc3CC[C@@H]2C)C1=O. The molecule has 1 saturated heterocycles. The number of nitrogens with zero attached hydrogens (tertiary/aromatic N) is 2. The van der Waals surface area contributed by atoms with Crippen LogP contribution in [-0.4, -0.2) is 53.4 Å². The van der Waals surface area contributed by atoms with E-state index < -0.39 is 17.6 Å². The predicted molar refractivity (Wildman–Crippen MR) is 127 cm³/mol. The van der Waals surface area contributed by atoms with Crippen LogP contribution >= 0.6 is 0 Å². The maximum atomic E-state index is 13.5. The maximum Gasteiger partial charge on any atom is 0.418 e. The van der Waals surface area contributed by atoms with Crippen molar-refractivity contribution in [2.45, 2.75) is 50.8 Å². The number of carbonyl (C=O) groups is 4. The zero-order valence-electron chi connectivity index (χ0n) is 19.8. The van der Waals surface area contributed by atoms with Gasteiger partial charge in [-0.3, -0.25) is 9.59 Å². The normalized spacial score (nSPS) is 23.0. The molecule has 0 saturated carbocycles. The molecule has 5 rings (SSSR count). The fourth-order valence-corrected chi connectivity index (χ4v) is 5.30. The maximum absolute atomic E-state index is 13.5. The topological polar surface area (TPSA) is 108 Å². The number of nitrogens with one attached hydrogen (secondary N) is 2. The Labute approximate surface area is 203 Å². The Bertz CT molecular complexity index is 1230. The number of amides is 5. The number of rotatable bonds is 3. The van der Waals surface area contributed by atoms with Crippen LogP contribution in [0.25, 0.3) is 0 Å². The number of fused-ring (bicyclic) bond motifs is 3. The lowest BCUT2D eigenvalue weighted by Crippen LogP contribution is -2.46. The highest BCUT2D eigenvalue weighted by atomic mass is 16.6. The number of ether oxygens (including phenoxy) is 1. The van der Waals surface area contributed by atoms with E-state index in [9.17, 15) is 19.2 Å². The summed E-state index contributed by atoms with van der Waals surface area (Å²) in [6.45, 7) is 2.09. The molecular weight excluding hydrogens is 448 g/mol. The molecule has 0 unspecified atom stereocenters. The standard InChI is InChI=1S/C26H28N4O5/c1-16-7-8-17-5-3-4-6-19(17)14-29(16)22(31)15-30-23(32)26(35-25(30)34)12-11-18-13-20(9-10-21(18)26)28-24(33)27-2/h3-6,9-10,13,16H,7-8,11-12,14-15H2,1-2H3,(H2,27,28,33)/t16-,26-/m0/s1. The highest BCUT2D eigenvalue weighted by molar-refractivity contribution is 6.06. The van der Waals surface area contributed by atoms with E-state index in [2.05, 4.69) is 16.7 Å². The zero-order valence-corrected chi connectivity index (χ0v) is 19.8. The third-order valence-electron chi connectivity index (χ3n) is 7.28. The number of imide groups is 1. The van der Waals surface area contributed by atoms with E-state index in [1.165, 1.54) is 12.6 Å². The average molecular weight is 477 g/mol. The van der Waals surface area contributed by atoms with Crippen LogP contribution in [0, 0.1) is 0 Å². The Morgan fingerprint density at radius 3 is 2.63 bits per heavy atom. The summed E-state index contributed by atoms with van der Waals surface area (Å²) in [4.78, 5) is 54.0. The molecule has 1 aliphatic carbocycles. The van der Waals surface area contributed by atoms with Crippen LogP contribution in [0.5, 0.6) is 0 Å². The van der Waals surface area contributed by atoms with Crippen molar-refractivity contribution in [3.63, 3.8) is 0 Å². The molecule has 35 heavy (non-hydrogen) atoms. The lowest BCUT2D eigenvalue weighted by atomic mass is 9.94. The third-order valence-corrected chi connectivity index (χ3v) is 7.28. The van der Waals surface area contributed by atoms with E-state index in [1.807, 2.05) is 25.1 Å². The summed E-state index contributed by atoms with van der Waals surface area (Å²) in [6, 6.07) is 12.8. The number of benzene rings is 2. The molecule has 1 fully saturated rings. The van der Waals surface area contributed by atoms with E-state index in [-0.39, 0.29) is 24.5 Å². The van der Waals surface area contributed by atoms with Crippen molar-refractivity contribution in [2.75, 3.05) is 18.9 Å². The largest absolute Gasteiger partial charge is 0.427 e. The summed E-state index contributed by atoms with van der Waals surface area (Å²) < 4.78 is 5.67. The first kappa shape index (κ1) is 22.9. The predicted octanol–water partition coefficient (Wildman–Crippen LogP) is 2.92. The van der Waals surface area contributed by atoms with Gasteiger partial charge in [-0.1, -0.05) is 30.3 Å². The molecule has 9 heteroatoms. The fraction of sp³-hybridized carbons (Fsp3) is 0.385. The molecule has 182 valence electrons. The molecule has 0 radical (unpaired) electrons. The smallest absolute Gasteiger partial charge is 0.418 e. The molecular formula is C26H28N4O5. The van der Waals surface area contributed by atoms with Crippen molar-refractivity contribution in [1.82, 2.24) is 15.1 Å². The van der Waals surface area contributed by atoms with Gasteiger partial charge in [0.1, 0.15) is 6.54 Å². The molecule has 0 aromatic heterocycles. The van der Waals surface area contributed by atoms with Crippen LogP contribution in [0.2, 0.25) is 0 Å². The molecule has 5 amide bonds. The molecule has 3 aliphatic rings. The van der Waals surface area contributed by atoms with Gasteiger partial charge in [0.05, 0.1) is 0 Å². The first-order valence-electron chi connectivity index (χ1n) is 11.9. The lowest BCUT2D eigenvalue weighted by molar-refractivity contribution is -0.143. The van der Waals surface area contributed by atoms with Crippen LogP contribution < -0.4 is 10.6 Å². The number of carbonyl (C=O) groups excluding carboxylic acids is 4. The van der Waals surface area contributed by atoms with Crippen molar-refractivity contribution in [1.29, 1.82) is 0 Å². The number of hydrogen-bond donors (Lipinski definition) is 2. The van der Waals surface area contributed by atoms with Gasteiger partial charge in [0, 0.05) is 37.3 Å². The Kier molecular flexibility index (Phi) is 5.70. The van der Waals surface area contributed by atoms with Crippen molar-refractivity contribution in [3.8, 4) is 0 Å². The van der Waals surface area contributed by atoms with Crippen LogP contribution in [0.3, 0.4) is 0 Å². The first-order valence-corrected chi connectivity index (χ1v) is 11.9. The molecule has 2 N–H and O–H groups in total. The van der Waals surface area contributed by atoms with Crippen molar-refractivity contribution >= 4 is 29.6 Å². The second kappa shape index (κ2) is 8.72. The monoisotopic (exact) mass is 476 g/mol.